The number of hydrogen-bond acceptors (Lipinski definition) is 2. The molecule has 1 aromatic carbocycles. The molecule has 1 aromatic rings. The summed E-state index contributed by atoms with van der Waals surface area (Å²) in [5.74, 6) is 3.00. The average Bonchev–Trinajstić information content (AvgIpc) is 2.24. The van der Waals surface area contributed by atoms with Gasteiger partial charge < -0.3 is 5.73 Å². The predicted octanol–water partition coefficient (Wildman–Crippen LogP) is 3.71. The second kappa shape index (κ2) is 5.74. The zero-order chi connectivity index (χ0) is 11.4. The Morgan fingerprint density at radius 3 is 2.50 bits per heavy atom. The van der Waals surface area contributed by atoms with E-state index in [4.69, 9.17) is 5.73 Å². The predicted molar refractivity (Wildman–Crippen MR) is 73.0 cm³/mol. The first-order chi connectivity index (χ1) is 7.81. The van der Waals surface area contributed by atoms with Crippen molar-refractivity contribution in [2.24, 2.45) is 5.73 Å². The highest BCUT2D eigenvalue weighted by Gasteiger charge is 2.19. The van der Waals surface area contributed by atoms with Gasteiger partial charge in [-0.3, -0.25) is 0 Å². The van der Waals surface area contributed by atoms with Gasteiger partial charge in [0, 0.05) is 11.8 Å². The Labute approximate surface area is 103 Å². The van der Waals surface area contributed by atoms with Crippen LogP contribution >= 0.6 is 11.8 Å². The first kappa shape index (κ1) is 12.0. The van der Waals surface area contributed by atoms with E-state index >= 15 is 0 Å². The Hall–Kier alpha value is -0.470. The van der Waals surface area contributed by atoms with Crippen LogP contribution in [0.15, 0.2) is 24.3 Å². The van der Waals surface area contributed by atoms with Crippen LogP contribution in [0.1, 0.15) is 49.3 Å². The summed E-state index contributed by atoms with van der Waals surface area (Å²) in [5, 5.41) is 0. The summed E-state index contributed by atoms with van der Waals surface area (Å²) in [5.41, 5.74) is 8.92. The molecule has 0 spiro atoms. The summed E-state index contributed by atoms with van der Waals surface area (Å²) in [6.45, 7) is 2.18. The SMILES string of the molecule is CCSCC(N)c1ccc(C2CCC2)cc1. The molecule has 1 aliphatic carbocycles. The summed E-state index contributed by atoms with van der Waals surface area (Å²) >= 11 is 1.91. The smallest absolute Gasteiger partial charge is 0.0386 e. The third kappa shape index (κ3) is 2.80. The molecule has 1 saturated carbocycles. The van der Waals surface area contributed by atoms with Crippen LogP contribution in [-0.2, 0) is 0 Å². The number of benzene rings is 1. The Kier molecular flexibility index (Phi) is 4.30. The summed E-state index contributed by atoms with van der Waals surface area (Å²) in [4.78, 5) is 0. The lowest BCUT2D eigenvalue weighted by Gasteiger charge is -2.26. The van der Waals surface area contributed by atoms with E-state index in [0.717, 1.165) is 17.4 Å². The van der Waals surface area contributed by atoms with Crippen LogP contribution in [0, 0.1) is 0 Å². The van der Waals surface area contributed by atoms with Crippen molar-refractivity contribution in [3.63, 3.8) is 0 Å². The van der Waals surface area contributed by atoms with Gasteiger partial charge >= 0.3 is 0 Å². The van der Waals surface area contributed by atoms with Crippen molar-refractivity contribution in [1.82, 2.24) is 0 Å². The number of thioether (sulfide) groups is 1. The minimum absolute atomic E-state index is 0.195. The number of nitrogens with two attached hydrogens (primary N) is 1. The fourth-order valence-electron chi connectivity index (χ4n) is 2.10. The molecule has 0 saturated heterocycles. The van der Waals surface area contributed by atoms with E-state index in [0.29, 0.717) is 0 Å². The molecule has 2 rings (SSSR count). The molecule has 1 unspecified atom stereocenters. The first-order valence-electron chi connectivity index (χ1n) is 6.24. The van der Waals surface area contributed by atoms with Crippen molar-refractivity contribution in [1.29, 1.82) is 0 Å². The van der Waals surface area contributed by atoms with Crippen LogP contribution in [0.4, 0.5) is 0 Å². The van der Waals surface area contributed by atoms with Crippen molar-refractivity contribution >= 4 is 11.8 Å². The molecule has 0 aromatic heterocycles. The Balaban J connectivity index is 1.95. The minimum atomic E-state index is 0.195. The Morgan fingerprint density at radius 2 is 2.00 bits per heavy atom. The maximum atomic E-state index is 6.13. The van der Waals surface area contributed by atoms with Crippen molar-refractivity contribution in [2.75, 3.05) is 11.5 Å². The second-order valence-electron chi connectivity index (χ2n) is 4.56. The van der Waals surface area contributed by atoms with E-state index in [9.17, 15) is 0 Å². The lowest BCUT2D eigenvalue weighted by molar-refractivity contribution is 0.419. The summed E-state index contributed by atoms with van der Waals surface area (Å²) in [7, 11) is 0. The van der Waals surface area contributed by atoms with Gasteiger partial charge in [0.05, 0.1) is 0 Å². The van der Waals surface area contributed by atoms with Gasteiger partial charge in [0.15, 0.2) is 0 Å². The molecule has 1 nitrogen and oxygen atoms in total. The quantitative estimate of drug-likeness (QED) is 0.842. The fourth-order valence-corrected chi connectivity index (χ4v) is 2.78. The lowest BCUT2D eigenvalue weighted by atomic mass is 9.80. The average molecular weight is 235 g/mol. The molecule has 2 N–H and O–H groups in total. The molecule has 0 radical (unpaired) electrons. The molecule has 0 heterocycles. The summed E-state index contributed by atoms with van der Waals surface area (Å²) < 4.78 is 0. The van der Waals surface area contributed by atoms with Gasteiger partial charge in [-0.1, -0.05) is 37.6 Å². The van der Waals surface area contributed by atoms with Crippen molar-refractivity contribution in [2.45, 2.75) is 38.1 Å². The van der Waals surface area contributed by atoms with Crippen molar-refractivity contribution in [3.05, 3.63) is 35.4 Å². The van der Waals surface area contributed by atoms with Gasteiger partial charge in [-0.25, -0.2) is 0 Å². The molecule has 2 heteroatoms. The maximum Gasteiger partial charge on any atom is 0.0386 e. The molecule has 1 atom stereocenters. The standard InChI is InChI=1S/C14H21NS/c1-2-16-10-14(15)13-8-6-12(7-9-13)11-4-3-5-11/h6-9,11,14H,2-5,10,15H2,1H3. The molecule has 0 amide bonds. The topological polar surface area (TPSA) is 26.0 Å². The second-order valence-corrected chi connectivity index (χ2v) is 5.88. The van der Waals surface area contributed by atoms with Crippen LogP contribution in [-0.4, -0.2) is 11.5 Å². The summed E-state index contributed by atoms with van der Waals surface area (Å²) in [6.07, 6.45) is 4.15. The molecule has 1 fully saturated rings. The highest BCUT2D eigenvalue weighted by molar-refractivity contribution is 7.99. The van der Waals surface area contributed by atoms with Crippen molar-refractivity contribution < 1.29 is 0 Å². The zero-order valence-corrected chi connectivity index (χ0v) is 10.8. The van der Waals surface area contributed by atoms with E-state index in [-0.39, 0.29) is 6.04 Å². The van der Waals surface area contributed by atoms with Crippen molar-refractivity contribution in [3.8, 4) is 0 Å². The monoisotopic (exact) mass is 235 g/mol. The van der Waals surface area contributed by atoms with Gasteiger partial charge in [-0.05, 0) is 35.6 Å². The van der Waals surface area contributed by atoms with Gasteiger partial charge in [0.2, 0.25) is 0 Å². The third-order valence-corrected chi connectivity index (χ3v) is 4.45. The van der Waals surface area contributed by atoms with Gasteiger partial charge in [0.25, 0.3) is 0 Å². The molecule has 1 aliphatic rings. The normalized spacial score (nSPS) is 18.1. The first-order valence-corrected chi connectivity index (χ1v) is 7.40. The van der Waals surface area contributed by atoms with Crippen LogP contribution in [0.2, 0.25) is 0 Å². The van der Waals surface area contributed by atoms with Gasteiger partial charge in [0.1, 0.15) is 0 Å². The largest absolute Gasteiger partial charge is 0.323 e. The molecule has 88 valence electrons. The van der Waals surface area contributed by atoms with E-state index in [1.54, 1.807) is 0 Å². The van der Waals surface area contributed by atoms with E-state index in [1.165, 1.54) is 30.4 Å². The lowest BCUT2D eigenvalue weighted by Crippen LogP contribution is -2.14. The van der Waals surface area contributed by atoms with Crippen LogP contribution < -0.4 is 5.73 Å². The molecule has 0 aliphatic heterocycles. The highest BCUT2D eigenvalue weighted by atomic mass is 32.2. The summed E-state index contributed by atoms with van der Waals surface area (Å²) in [6, 6.07) is 9.18. The van der Waals surface area contributed by atoms with Gasteiger partial charge in [-0.15, -0.1) is 0 Å². The Morgan fingerprint density at radius 1 is 1.31 bits per heavy atom. The Bertz CT molecular complexity index is 316. The zero-order valence-electron chi connectivity index (χ0n) is 9.99. The number of rotatable bonds is 5. The van der Waals surface area contributed by atoms with Crippen LogP contribution in [0.25, 0.3) is 0 Å². The van der Waals surface area contributed by atoms with Crippen LogP contribution in [0.3, 0.4) is 0 Å². The fraction of sp³-hybridized carbons (Fsp3) is 0.571. The number of hydrogen-bond donors (Lipinski definition) is 1. The molecule has 16 heavy (non-hydrogen) atoms. The van der Waals surface area contributed by atoms with E-state index in [1.807, 2.05) is 11.8 Å². The van der Waals surface area contributed by atoms with E-state index < -0.39 is 0 Å². The van der Waals surface area contributed by atoms with E-state index in [2.05, 4.69) is 31.2 Å². The highest BCUT2D eigenvalue weighted by Crippen LogP contribution is 2.36. The maximum absolute atomic E-state index is 6.13. The molecular formula is C14H21NS. The minimum Gasteiger partial charge on any atom is -0.323 e. The third-order valence-electron chi connectivity index (χ3n) is 3.44. The molecule has 0 bridgehead atoms. The van der Waals surface area contributed by atoms with Crippen LogP contribution in [0.5, 0.6) is 0 Å². The van der Waals surface area contributed by atoms with Gasteiger partial charge in [-0.2, -0.15) is 11.8 Å². The molecular weight excluding hydrogens is 214 g/mol.